The van der Waals surface area contributed by atoms with Crippen LogP contribution in [-0.2, 0) is 4.79 Å². The Morgan fingerprint density at radius 3 is 2.52 bits per heavy atom. The molecule has 25 heavy (non-hydrogen) atoms. The van der Waals surface area contributed by atoms with Crippen LogP contribution in [0.1, 0.15) is 18.1 Å². The van der Waals surface area contributed by atoms with E-state index in [1.165, 1.54) is 0 Å². The Bertz CT molecular complexity index is 759. The highest BCUT2D eigenvalue weighted by Gasteiger charge is 2.12. The molecule has 2 rings (SSSR count). The second-order valence-electron chi connectivity index (χ2n) is 5.53. The first-order valence-corrected chi connectivity index (χ1v) is 7.92. The number of para-hydroxylation sites is 1. The number of hydrazone groups is 1. The molecule has 1 unspecified atom stereocenters. The number of amides is 1. The Labute approximate surface area is 147 Å². The molecule has 2 aromatic rings. The van der Waals surface area contributed by atoms with Crippen molar-refractivity contribution in [3.8, 4) is 11.5 Å². The Morgan fingerprint density at radius 2 is 1.84 bits per heavy atom. The Morgan fingerprint density at radius 1 is 1.12 bits per heavy atom. The molecule has 0 saturated heterocycles. The molecule has 0 radical (unpaired) electrons. The Kier molecular flexibility index (Phi) is 6.39. The van der Waals surface area contributed by atoms with Gasteiger partial charge in [0.05, 0.1) is 20.4 Å². The number of rotatable bonds is 7. The smallest absolute Gasteiger partial charge is 0.262 e. The van der Waals surface area contributed by atoms with Crippen molar-refractivity contribution in [1.82, 2.24) is 5.43 Å². The summed E-state index contributed by atoms with van der Waals surface area (Å²) in [7, 11) is 3.15. The van der Waals surface area contributed by atoms with Crippen LogP contribution >= 0.6 is 0 Å². The molecule has 6 nitrogen and oxygen atoms in total. The van der Waals surface area contributed by atoms with Crippen molar-refractivity contribution in [2.24, 2.45) is 5.10 Å². The highest BCUT2D eigenvalue weighted by Crippen LogP contribution is 2.26. The molecule has 1 atom stereocenters. The van der Waals surface area contributed by atoms with E-state index in [9.17, 15) is 4.79 Å². The third kappa shape index (κ3) is 4.97. The van der Waals surface area contributed by atoms with Gasteiger partial charge in [-0.25, -0.2) is 5.43 Å². The summed E-state index contributed by atoms with van der Waals surface area (Å²) in [5, 5.41) is 7.17. The quantitative estimate of drug-likeness (QED) is 0.600. The average Bonchev–Trinajstić information content (AvgIpc) is 2.63. The van der Waals surface area contributed by atoms with Crippen molar-refractivity contribution in [1.29, 1.82) is 0 Å². The number of ether oxygens (including phenoxy) is 2. The molecule has 0 aliphatic heterocycles. The van der Waals surface area contributed by atoms with E-state index in [1.807, 2.05) is 37.3 Å². The number of carbonyl (C=O) groups excluding carboxylic acids is 1. The largest absolute Gasteiger partial charge is 0.493 e. The van der Waals surface area contributed by atoms with E-state index in [0.29, 0.717) is 11.5 Å². The number of hydrogen-bond acceptors (Lipinski definition) is 5. The van der Waals surface area contributed by atoms with E-state index in [2.05, 4.69) is 15.8 Å². The zero-order valence-corrected chi connectivity index (χ0v) is 14.9. The summed E-state index contributed by atoms with van der Waals surface area (Å²) in [6.45, 7) is 3.77. The summed E-state index contributed by atoms with van der Waals surface area (Å²) in [6.07, 6.45) is 1.56. The lowest BCUT2D eigenvalue weighted by Crippen LogP contribution is -2.35. The van der Waals surface area contributed by atoms with Crippen LogP contribution in [0, 0.1) is 6.92 Å². The first-order valence-electron chi connectivity index (χ1n) is 7.92. The van der Waals surface area contributed by atoms with E-state index in [1.54, 1.807) is 39.5 Å². The zero-order valence-electron chi connectivity index (χ0n) is 14.9. The van der Waals surface area contributed by atoms with Crippen LogP contribution < -0.4 is 20.2 Å². The molecule has 0 bridgehead atoms. The first-order chi connectivity index (χ1) is 12.0. The van der Waals surface area contributed by atoms with Gasteiger partial charge in [0.1, 0.15) is 6.04 Å². The van der Waals surface area contributed by atoms with Crippen LogP contribution in [0.15, 0.2) is 47.6 Å². The maximum absolute atomic E-state index is 12.1. The topological polar surface area (TPSA) is 72.0 Å². The fourth-order valence-corrected chi connectivity index (χ4v) is 2.23. The maximum Gasteiger partial charge on any atom is 0.262 e. The standard InChI is InChI=1S/C19H23N3O3/c1-13-7-5-6-8-16(13)21-14(2)19(23)22-20-12-15-9-10-17(24-3)18(11-15)25-4/h5-12,14,21H,1-4H3,(H,22,23)/b20-12+. The van der Waals surface area contributed by atoms with Gasteiger partial charge in [0, 0.05) is 5.69 Å². The predicted molar refractivity (Wildman–Crippen MR) is 99.5 cm³/mol. The van der Waals surface area contributed by atoms with E-state index < -0.39 is 6.04 Å². The molecule has 0 aliphatic carbocycles. The van der Waals surface area contributed by atoms with Crippen molar-refractivity contribution >= 4 is 17.8 Å². The van der Waals surface area contributed by atoms with Gasteiger partial charge in [-0.2, -0.15) is 5.10 Å². The monoisotopic (exact) mass is 341 g/mol. The maximum atomic E-state index is 12.1. The average molecular weight is 341 g/mol. The summed E-state index contributed by atoms with van der Waals surface area (Å²) >= 11 is 0. The van der Waals surface area contributed by atoms with Crippen molar-refractivity contribution in [2.45, 2.75) is 19.9 Å². The number of methoxy groups -OCH3 is 2. The van der Waals surface area contributed by atoms with E-state index in [4.69, 9.17) is 9.47 Å². The van der Waals surface area contributed by atoms with Crippen LogP contribution in [0.25, 0.3) is 0 Å². The van der Waals surface area contributed by atoms with Crippen LogP contribution in [0.5, 0.6) is 11.5 Å². The number of anilines is 1. The van der Waals surface area contributed by atoms with Crippen molar-refractivity contribution in [3.63, 3.8) is 0 Å². The minimum Gasteiger partial charge on any atom is -0.493 e. The number of benzene rings is 2. The van der Waals surface area contributed by atoms with Gasteiger partial charge in [-0.15, -0.1) is 0 Å². The first kappa shape index (κ1) is 18.3. The molecule has 2 aromatic carbocycles. The SMILES string of the molecule is COc1ccc(/C=N/NC(=O)C(C)Nc2ccccc2C)cc1OC. The zero-order chi connectivity index (χ0) is 18.2. The van der Waals surface area contributed by atoms with Crippen molar-refractivity contribution < 1.29 is 14.3 Å². The highest BCUT2D eigenvalue weighted by atomic mass is 16.5. The fourth-order valence-electron chi connectivity index (χ4n) is 2.23. The predicted octanol–water partition coefficient (Wildman–Crippen LogP) is 2.96. The van der Waals surface area contributed by atoms with E-state index >= 15 is 0 Å². The van der Waals surface area contributed by atoms with Crippen molar-refractivity contribution in [3.05, 3.63) is 53.6 Å². The van der Waals surface area contributed by atoms with Crippen LogP contribution in [0.3, 0.4) is 0 Å². The van der Waals surface area contributed by atoms with Gasteiger partial charge >= 0.3 is 0 Å². The molecule has 0 saturated carbocycles. The van der Waals surface area contributed by atoms with Gasteiger partial charge in [0.25, 0.3) is 5.91 Å². The lowest BCUT2D eigenvalue weighted by Gasteiger charge is -2.15. The third-order valence-corrected chi connectivity index (χ3v) is 3.71. The molecule has 2 N–H and O–H groups in total. The van der Waals surface area contributed by atoms with Gasteiger partial charge in [-0.05, 0) is 49.2 Å². The minimum atomic E-state index is -0.413. The van der Waals surface area contributed by atoms with Crippen molar-refractivity contribution in [2.75, 3.05) is 19.5 Å². The number of nitrogens with one attached hydrogen (secondary N) is 2. The summed E-state index contributed by atoms with van der Waals surface area (Å²) in [4.78, 5) is 12.1. The molecule has 0 heterocycles. The second kappa shape index (κ2) is 8.73. The molecular weight excluding hydrogens is 318 g/mol. The third-order valence-electron chi connectivity index (χ3n) is 3.71. The summed E-state index contributed by atoms with van der Waals surface area (Å²) in [6, 6.07) is 12.8. The van der Waals surface area contributed by atoms with Gasteiger partial charge in [0.15, 0.2) is 11.5 Å². The lowest BCUT2D eigenvalue weighted by atomic mass is 10.2. The van der Waals surface area contributed by atoms with Crippen LogP contribution in [0.2, 0.25) is 0 Å². The number of aryl methyl sites for hydroxylation is 1. The Hall–Kier alpha value is -3.02. The molecular formula is C19H23N3O3. The second-order valence-corrected chi connectivity index (χ2v) is 5.53. The van der Waals surface area contributed by atoms with E-state index in [-0.39, 0.29) is 5.91 Å². The molecule has 0 fully saturated rings. The van der Waals surface area contributed by atoms with Crippen LogP contribution in [-0.4, -0.2) is 32.4 Å². The molecule has 6 heteroatoms. The number of carbonyl (C=O) groups is 1. The minimum absolute atomic E-state index is 0.222. The van der Waals surface area contributed by atoms with Gasteiger partial charge in [-0.1, -0.05) is 18.2 Å². The summed E-state index contributed by atoms with van der Waals surface area (Å²) in [5.41, 5.74) is 5.33. The fraction of sp³-hybridized carbons (Fsp3) is 0.263. The molecule has 0 spiro atoms. The van der Waals surface area contributed by atoms with Crippen LogP contribution in [0.4, 0.5) is 5.69 Å². The van der Waals surface area contributed by atoms with Gasteiger partial charge in [-0.3, -0.25) is 4.79 Å². The summed E-state index contributed by atoms with van der Waals surface area (Å²) < 4.78 is 10.4. The molecule has 0 aliphatic rings. The Balaban J connectivity index is 1.95. The molecule has 1 amide bonds. The summed E-state index contributed by atoms with van der Waals surface area (Å²) in [5.74, 6) is 1.02. The van der Waals surface area contributed by atoms with Gasteiger partial charge < -0.3 is 14.8 Å². The molecule has 0 aromatic heterocycles. The number of nitrogens with zero attached hydrogens (tertiary/aromatic N) is 1. The number of hydrogen-bond donors (Lipinski definition) is 2. The lowest BCUT2D eigenvalue weighted by molar-refractivity contribution is -0.121. The normalized spacial score (nSPS) is 11.8. The molecule has 132 valence electrons. The van der Waals surface area contributed by atoms with Gasteiger partial charge in [0.2, 0.25) is 0 Å². The highest BCUT2D eigenvalue weighted by molar-refractivity contribution is 5.86. The van der Waals surface area contributed by atoms with E-state index in [0.717, 1.165) is 16.8 Å².